The molecule has 22 heavy (non-hydrogen) atoms. The Morgan fingerprint density at radius 2 is 2.14 bits per heavy atom. The van der Waals surface area contributed by atoms with Crippen LogP contribution in [-0.2, 0) is 24.3 Å². The Balaban J connectivity index is 1.48. The second-order valence-electron chi connectivity index (χ2n) is 4.82. The van der Waals surface area contributed by atoms with Gasteiger partial charge in [0.25, 0.3) is 0 Å². The normalized spacial score (nSPS) is 10.6. The Morgan fingerprint density at radius 1 is 1.27 bits per heavy atom. The smallest absolute Gasteiger partial charge is 0.315 e. The summed E-state index contributed by atoms with van der Waals surface area (Å²) in [7, 11) is 0. The first kappa shape index (κ1) is 16.6. The quantitative estimate of drug-likeness (QED) is 0.696. The van der Waals surface area contributed by atoms with Gasteiger partial charge in [0.1, 0.15) is 12.4 Å². The molecule has 0 fully saturated rings. The van der Waals surface area contributed by atoms with E-state index in [1.807, 2.05) is 12.1 Å². The van der Waals surface area contributed by atoms with E-state index >= 15 is 0 Å². The van der Waals surface area contributed by atoms with Gasteiger partial charge in [-0.1, -0.05) is 6.92 Å². The van der Waals surface area contributed by atoms with Gasteiger partial charge >= 0.3 is 6.03 Å². The predicted molar refractivity (Wildman–Crippen MR) is 86.9 cm³/mol. The number of nitrogens with one attached hydrogen (secondary N) is 2. The van der Waals surface area contributed by atoms with Crippen LogP contribution in [0.3, 0.4) is 0 Å². The molecule has 2 amide bonds. The lowest BCUT2D eigenvalue weighted by Crippen LogP contribution is -2.35. The maximum absolute atomic E-state index is 11.6. The van der Waals surface area contributed by atoms with Crippen molar-refractivity contribution >= 4 is 17.4 Å². The van der Waals surface area contributed by atoms with Crippen molar-refractivity contribution in [2.24, 2.45) is 0 Å². The fraction of sp³-hybridized carbons (Fsp3) is 0.438. The number of carbonyl (C=O) groups is 1. The molecule has 0 aliphatic heterocycles. The minimum atomic E-state index is -0.141. The number of rotatable bonds is 9. The third-order valence-electron chi connectivity index (χ3n) is 3.06. The van der Waals surface area contributed by atoms with E-state index < -0.39 is 0 Å². The zero-order valence-electron chi connectivity index (χ0n) is 12.8. The Morgan fingerprint density at radius 3 is 2.86 bits per heavy atom. The summed E-state index contributed by atoms with van der Waals surface area (Å²) in [6.45, 7) is 4.35. The van der Waals surface area contributed by atoms with Gasteiger partial charge in [0.2, 0.25) is 0 Å². The number of hydrogen-bond donors (Lipinski definition) is 2. The molecular weight excluding hydrogens is 300 g/mol. The summed E-state index contributed by atoms with van der Waals surface area (Å²) in [5, 5.41) is 5.67. The summed E-state index contributed by atoms with van der Waals surface area (Å²) in [6.07, 6.45) is 3.43. The maximum Gasteiger partial charge on any atom is 0.315 e. The average Bonchev–Trinajstić information content (AvgIpc) is 3.19. The SMILES string of the molecule is CCc1ccc(CNC(=O)NCCCOCc2ccco2)s1. The standard InChI is InChI=1S/C16H22N2O3S/c1-2-14-6-7-15(22-14)11-18-16(19)17-8-4-9-20-12-13-5-3-10-21-13/h3,5-7,10H,2,4,8-9,11-12H2,1H3,(H2,17,18,19). The molecule has 6 heteroatoms. The Hall–Kier alpha value is -1.79. The number of thiophene rings is 1. The van der Waals surface area contributed by atoms with Crippen LogP contribution in [0.1, 0.15) is 28.9 Å². The molecule has 0 aliphatic rings. The van der Waals surface area contributed by atoms with Crippen LogP contribution < -0.4 is 10.6 Å². The van der Waals surface area contributed by atoms with E-state index in [1.54, 1.807) is 17.6 Å². The molecule has 2 N–H and O–H groups in total. The van der Waals surface area contributed by atoms with Gasteiger partial charge in [-0.2, -0.15) is 0 Å². The number of amides is 2. The van der Waals surface area contributed by atoms with Crippen molar-refractivity contribution in [2.75, 3.05) is 13.2 Å². The van der Waals surface area contributed by atoms with Crippen molar-refractivity contribution in [3.8, 4) is 0 Å². The molecule has 120 valence electrons. The van der Waals surface area contributed by atoms with Crippen molar-refractivity contribution in [2.45, 2.75) is 32.9 Å². The molecule has 0 saturated heterocycles. The first-order valence-electron chi connectivity index (χ1n) is 7.47. The van der Waals surface area contributed by atoms with Crippen LogP contribution in [0.5, 0.6) is 0 Å². The van der Waals surface area contributed by atoms with Gasteiger partial charge in [-0.15, -0.1) is 11.3 Å². The van der Waals surface area contributed by atoms with Gasteiger partial charge in [0.15, 0.2) is 0 Å². The monoisotopic (exact) mass is 322 g/mol. The molecule has 0 unspecified atom stereocenters. The minimum Gasteiger partial charge on any atom is -0.467 e. The van der Waals surface area contributed by atoms with Crippen LogP contribution in [0, 0.1) is 0 Å². The lowest BCUT2D eigenvalue weighted by Gasteiger charge is -2.07. The van der Waals surface area contributed by atoms with Gasteiger partial charge in [0, 0.05) is 22.9 Å². The minimum absolute atomic E-state index is 0.141. The highest BCUT2D eigenvalue weighted by Gasteiger charge is 2.02. The van der Waals surface area contributed by atoms with E-state index in [1.165, 1.54) is 9.75 Å². The van der Waals surface area contributed by atoms with Crippen LogP contribution in [0.2, 0.25) is 0 Å². The highest BCUT2D eigenvalue weighted by molar-refractivity contribution is 7.11. The molecule has 0 spiro atoms. The van der Waals surface area contributed by atoms with Crippen LogP contribution in [0.4, 0.5) is 4.79 Å². The molecule has 0 bridgehead atoms. The number of aryl methyl sites for hydroxylation is 1. The zero-order valence-corrected chi connectivity index (χ0v) is 13.6. The zero-order chi connectivity index (χ0) is 15.6. The number of ether oxygens (including phenoxy) is 1. The van der Waals surface area contributed by atoms with E-state index in [0.717, 1.165) is 18.6 Å². The third-order valence-corrected chi connectivity index (χ3v) is 4.29. The van der Waals surface area contributed by atoms with Crippen LogP contribution >= 0.6 is 11.3 Å². The summed E-state index contributed by atoms with van der Waals surface area (Å²) in [5.74, 6) is 0.813. The Bertz CT molecular complexity index is 552. The van der Waals surface area contributed by atoms with Crippen molar-refractivity contribution in [1.82, 2.24) is 10.6 Å². The van der Waals surface area contributed by atoms with E-state index in [0.29, 0.717) is 26.3 Å². The third kappa shape index (κ3) is 5.91. The van der Waals surface area contributed by atoms with E-state index in [9.17, 15) is 4.79 Å². The van der Waals surface area contributed by atoms with Gasteiger partial charge < -0.3 is 19.8 Å². The highest BCUT2D eigenvalue weighted by Crippen LogP contribution is 2.16. The van der Waals surface area contributed by atoms with Gasteiger partial charge in [-0.3, -0.25) is 0 Å². The largest absolute Gasteiger partial charge is 0.467 e. The van der Waals surface area contributed by atoms with E-state index in [-0.39, 0.29) is 6.03 Å². The average molecular weight is 322 g/mol. The fourth-order valence-electron chi connectivity index (χ4n) is 1.88. The number of carbonyl (C=O) groups excluding carboxylic acids is 1. The lowest BCUT2D eigenvalue weighted by molar-refractivity contribution is 0.104. The van der Waals surface area contributed by atoms with Gasteiger partial charge in [0.05, 0.1) is 12.8 Å². The molecule has 5 nitrogen and oxygen atoms in total. The summed E-state index contributed by atoms with van der Waals surface area (Å²) < 4.78 is 10.6. The fourth-order valence-corrected chi connectivity index (χ4v) is 2.78. The summed E-state index contributed by atoms with van der Waals surface area (Å²) in [6, 6.07) is 7.74. The lowest BCUT2D eigenvalue weighted by atomic mass is 10.4. The van der Waals surface area contributed by atoms with Crippen LogP contribution in [0.25, 0.3) is 0 Å². The highest BCUT2D eigenvalue weighted by atomic mass is 32.1. The number of furan rings is 1. The molecule has 0 aliphatic carbocycles. The molecule has 2 heterocycles. The topological polar surface area (TPSA) is 63.5 Å². The van der Waals surface area contributed by atoms with Crippen molar-refractivity contribution in [1.29, 1.82) is 0 Å². The van der Waals surface area contributed by atoms with Gasteiger partial charge in [-0.25, -0.2) is 4.79 Å². The number of urea groups is 1. The summed E-state index contributed by atoms with van der Waals surface area (Å²) >= 11 is 1.74. The molecule has 0 aromatic carbocycles. The predicted octanol–water partition coefficient (Wildman–Crippen LogP) is 3.31. The Kier molecular flexibility index (Phi) is 6.99. The Labute approximate surface area is 134 Å². The molecule has 2 aromatic rings. The first-order valence-corrected chi connectivity index (χ1v) is 8.29. The van der Waals surface area contributed by atoms with Gasteiger partial charge in [-0.05, 0) is 37.1 Å². The molecule has 0 atom stereocenters. The van der Waals surface area contributed by atoms with Crippen molar-refractivity contribution in [3.05, 3.63) is 46.0 Å². The molecule has 0 radical (unpaired) electrons. The summed E-state index contributed by atoms with van der Waals surface area (Å²) in [5.41, 5.74) is 0. The number of hydrogen-bond acceptors (Lipinski definition) is 4. The molecule has 2 rings (SSSR count). The molecule has 2 aromatic heterocycles. The van der Waals surface area contributed by atoms with Crippen molar-refractivity contribution < 1.29 is 13.9 Å². The first-order chi connectivity index (χ1) is 10.8. The van der Waals surface area contributed by atoms with E-state index in [4.69, 9.17) is 9.15 Å². The second-order valence-corrected chi connectivity index (χ2v) is 6.07. The van der Waals surface area contributed by atoms with E-state index in [2.05, 4.69) is 29.7 Å². The van der Waals surface area contributed by atoms with Crippen molar-refractivity contribution in [3.63, 3.8) is 0 Å². The van der Waals surface area contributed by atoms with Crippen LogP contribution in [-0.4, -0.2) is 19.2 Å². The molecular formula is C16H22N2O3S. The summed E-state index contributed by atoms with van der Waals surface area (Å²) in [4.78, 5) is 14.2. The maximum atomic E-state index is 11.6. The molecule has 0 saturated carbocycles. The van der Waals surface area contributed by atoms with Crippen LogP contribution in [0.15, 0.2) is 34.9 Å². The second kappa shape index (κ2) is 9.27.